The van der Waals surface area contributed by atoms with Crippen molar-refractivity contribution < 1.29 is 23.8 Å². The Balaban J connectivity index is 1.71. The Kier molecular flexibility index (Phi) is 7.00. The summed E-state index contributed by atoms with van der Waals surface area (Å²) >= 11 is 0. The summed E-state index contributed by atoms with van der Waals surface area (Å²) in [7, 11) is 0. The molecule has 2 aromatic rings. The number of aromatic nitrogens is 2. The van der Waals surface area contributed by atoms with Gasteiger partial charge in [0, 0.05) is 23.4 Å². The number of carbonyl (C=O) groups excluding carboxylic acids is 2. The van der Waals surface area contributed by atoms with Crippen molar-refractivity contribution in [2.75, 3.05) is 6.54 Å². The molecule has 1 fully saturated rings. The highest BCUT2D eigenvalue weighted by molar-refractivity contribution is 6.12. The zero-order chi connectivity index (χ0) is 30.0. The second kappa shape index (κ2) is 9.86. The fourth-order valence-electron chi connectivity index (χ4n) is 7.12. The molecular weight excluding hydrogens is 525 g/mol. The van der Waals surface area contributed by atoms with Crippen LogP contribution in [0.1, 0.15) is 72.4 Å². The predicted octanol–water partition coefficient (Wildman–Crippen LogP) is 4.78. The van der Waals surface area contributed by atoms with Crippen LogP contribution in [0.15, 0.2) is 41.9 Å². The van der Waals surface area contributed by atoms with Gasteiger partial charge in [-0.05, 0) is 88.5 Å². The van der Waals surface area contributed by atoms with Crippen LogP contribution in [0.25, 0.3) is 11.1 Å². The first-order valence-corrected chi connectivity index (χ1v) is 14.2. The van der Waals surface area contributed by atoms with E-state index in [-0.39, 0.29) is 30.2 Å². The zero-order valence-corrected chi connectivity index (χ0v) is 24.9. The monoisotopic (exact) mass is 565 g/mol. The van der Waals surface area contributed by atoms with E-state index in [1.54, 1.807) is 33.2 Å². The van der Waals surface area contributed by atoms with Gasteiger partial charge in [-0.3, -0.25) is 15.0 Å². The number of fused-ring (bicyclic) bond motifs is 3. The SMILES string of the molecule is CC1CC2(Cc3ccc(-c4cncnc4)cc3C23N=C(NC(=O)OC(C)(C)C)N(CC(C)(C)F)C3=O)CC(C)C1O. The summed E-state index contributed by atoms with van der Waals surface area (Å²) in [4.78, 5) is 42.4. The van der Waals surface area contributed by atoms with Gasteiger partial charge in [0.05, 0.1) is 12.6 Å². The summed E-state index contributed by atoms with van der Waals surface area (Å²) in [6.07, 6.45) is 5.24. The van der Waals surface area contributed by atoms with Crippen LogP contribution in [-0.4, -0.2) is 61.9 Å². The number of hydrogen-bond acceptors (Lipinski definition) is 7. The second-order valence-corrected chi connectivity index (χ2v) is 13.7. The number of nitrogens with zero attached hydrogens (tertiary/aromatic N) is 4. The fourth-order valence-corrected chi connectivity index (χ4v) is 7.12. The summed E-state index contributed by atoms with van der Waals surface area (Å²) in [6, 6.07) is 5.96. The third kappa shape index (κ3) is 5.11. The molecule has 220 valence electrons. The van der Waals surface area contributed by atoms with Crippen molar-refractivity contribution in [1.29, 1.82) is 0 Å². The van der Waals surface area contributed by atoms with Crippen molar-refractivity contribution in [3.8, 4) is 11.1 Å². The third-order valence-corrected chi connectivity index (χ3v) is 8.51. The average molecular weight is 566 g/mol. The lowest BCUT2D eigenvalue weighted by atomic mass is 9.56. The van der Waals surface area contributed by atoms with Gasteiger partial charge in [-0.15, -0.1) is 0 Å². The van der Waals surface area contributed by atoms with Gasteiger partial charge in [0.2, 0.25) is 5.96 Å². The van der Waals surface area contributed by atoms with Gasteiger partial charge in [0.25, 0.3) is 5.91 Å². The predicted molar refractivity (Wildman–Crippen MR) is 153 cm³/mol. The number of alkyl carbamates (subject to hydrolysis) is 1. The standard InChI is InChI=1S/C31H40FN5O4/c1-18-11-30(12-19(2)24(18)38)13-21-9-8-20(22-14-33-17-34-15-22)10-23(21)31(30)25(39)37(16-29(6,7)32)26(36-31)35-27(40)41-28(3,4)5/h8-10,14-15,17-19,24,38H,11-13,16H2,1-7H3,(H,35,36,40). The Labute approximate surface area is 240 Å². The third-order valence-electron chi connectivity index (χ3n) is 8.51. The van der Waals surface area contributed by atoms with Gasteiger partial charge < -0.3 is 9.84 Å². The number of benzene rings is 1. The number of aliphatic hydroxyl groups excluding tert-OH is 1. The number of hydrogen-bond donors (Lipinski definition) is 2. The molecule has 3 unspecified atom stereocenters. The quantitative estimate of drug-likeness (QED) is 0.553. The molecule has 5 rings (SSSR count). The average Bonchev–Trinajstić information content (AvgIpc) is 3.27. The molecule has 0 bridgehead atoms. The molecule has 1 aliphatic heterocycles. The lowest BCUT2D eigenvalue weighted by Gasteiger charge is -2.49. The number of aliphatic imine (C=N–C) groups is 1. The Hall–Kier alpha value is -3.40. The van der Waals surface area contributed by atoms with Gasteiger partial charge in [0.15, 0.2) is 5.54 Å². The molecule has 1 aromatic carbocycles. The molecule has 41 heavy (non-hydrogen) atoms. The van der Waals surface area contributed by atoms with Crippen LogP contribution in [0.4, 0.5) is 9.18 Å². The van der Waals surface area contributed by atoms with Gasteiger partial charge in [-0.2, -0.15) is 0 Å². The molecule has 2 heterocycles. The van der Waals surface area contributed by atoms with Crippen molar-refractivity contribution >= 4 is 18.0 Å². The maximum Gasteiger partial charge on any atom is 0.414 e. The summed E-state index contributed by atoms with van der Waals surface area (Å²) in [6.45, 7) is 11.7. The lowest BCUT2D eigenvalue weighted by molar-refractivity contribution is -0.142. The van der Waals surface area contributed by atoms with Crippen molar-refractivity contribution in [2.24, 2.45) is 22.2 Å². The number of amides is 2. The molecule has 2 amide bonds. The Bertz CT molecular complexity index is 1370. The maximum atomic E-state index is 15.2. The highest BCUT2D eigenvalue weighted by Gasteiger charge is 2.68. The van der Waals surface area contributed by atoms with E-state index < -0.39 is 34.4 Å². The van der Waals surface area contributed by atoms with E-state index >= 15 is 4.39 Å². The maximum absolute atomic E-state index is 15.2. The van der Waals surface area contributed by atoms with E-state index in [0.717, 1.165) is 22.3 Å². The van der Waals surface area contributed by atoms with Crippen LogP contribution >= 0.6 is 0 Å². The molecule has 9 nitrogen and oxygen atoms in total. The van der Waals surface area contributed by atoms with Crippen LogP contribution in [0.5, 0.6) is 0 Å². The van der Waals surface area contributed by atoms with Gasteiger partial charge >= 0.3 is 6.09 Å². The normalized spacial score (nSPS) is 29.6. The number of aliphatic hydroxyl groups is 1. The molecule has 3 atom stereocenters. The van der Waals surface area contributed by atoms with Crippen LogP contribution in [0.2, 0.25) is 0 Å². The van der Waals surface area contributed by atoms with Crippen LogP contribution < -0.4 is 5.32 Å². The van der Waals surface area contributed by atoms with Crippen LogP contribution in [-0.2, 0) is 21.5 Å². The Morgan fingerprint density at radius 1 is 1.12 bits per heavy atom. The molecule has 3 aliphatic rings. The Morgan fingerprint density at radius 3 is 2.34 bits per heavy atom. The largest absolute Gasteiger partial charge is 0.444 e. The number of rotatable bonds is 3. The molecule has 2 aliphatic carbocycles. The van der Waals surface area contributed by atoms with Crippen molar-refractivity contribution in [3.05, 3.63) is 48.0 Å². The fraction of sp³-hybridized carbons (Fsp3) is 0.581. The summed E-state index contributed by atoms with van der Waals surface area (Å²) < 4.78 is 20.7. The van der Waals surface area contributed by atoms with Gasteiger partial charge in [-0.1, -0.05) is 26.0 Å². The first-order chi connectivity index (χ1) is 19.1. The van der Waals surface area contributed by atoms with E-state index in [1.165, 1.54) is 25.1 Å². The molecule has 0 saturated heterocycles. The molecule has 2 spiro atoms. The number of nitrogens with one attached hydrogen (secondary N) is 1. The van der Waals surface area contributed by atoms with Gasteiger partial charge in [-0.25, -0.2) is 24.1 Å². The van der Waals surface area contributed by atoms with Crippen molar-refractivity contribution in [1.82, 2.24) is 20.2 Å². The summed E-state index contributed by atoms with van der Waals surface area (Å²) in [5.74, 6) is -0.597. The Morgan fingerprint density at radius 2 is 1.76 bits per heavy atom. The van der Waals surface area contributed by atoms with Gasteiger partial charge in [0.1, 0.15) is 17.6 Å². The molecular formula is C31H40FN5O4. The molecule has 1 aromatic heterocycles. The zero-order valence-electron chi connectivity index (χ0n) is 24.9. The highest BCUT2D eigenvalue weighted by Crippen LogP contribution is 2.63. The molecule has 0 radical (unpaired) electrons. The number of ether oxygens (including phenoxy) is 1. The van der Waals surface area contributed by atoms with E-state index in [0.29, 0.717) is 19.3 Å². The molecule has 10 heteroatoms. The number of guanidine groups is 1. The first-order valence-electron chi connectivity index (χ1n) is 14.2. The molecule has 1 saturated carbocycles. The first kappa shape index (κ1) is 29.1. The topological polar surface area (TPSA) is 117 Å². The minimum atomic E-state index is -1.77. The lowest BCUT2D eigenvalue weighted by Crippen LogP contribution is -2.56. The molecule has 2 N–H and O–H groups in total. The van der Waals surface area contributed by atoms with E-state index in [9.17, 15) is 14.7 Å². The summed E-state index contributed by atoms with van der Waals surface area (Å²) in [5, 5.41) is 13.6. The van der Waals surface area contributed by atoms with E-state index in [4.69, 9.17) is 9.73 Å². The van der Waals surface area contributed by atoms with Crippen molar-refractivity contribution in [3.63, 3.8) is 0 Å². The summed E-state index contributed by atoms with van der Waals surface area (Å²) in [5.41, 5.74) is -1.36. The minimum Gasteiger partial charge on any atom is -0.444 e. The number of carbonyl (C=O) groups is 2. The van der Waals surface area contributed by atoms with Crippen LogP contribution in [0.3, 0.4) is 0 Å². The van der Waals surface area contributed by atoms with Crippen LogP contribution in [0, 0.1) is 17.3 Å². The van der Waals surface area contributed by atoms with E-state index in [2.05, 4.69) is 15.3 Å². The smallest absolute Gasteiger partial charge is 0.414 e. The number of halogens is 1. The highest BCUT2D eigenvalue weighted by atomic mass is 19.1. The number of alkyl halides is 1. The van der Waals surface area contributed by atoms with E-state index in [1.807, 2.05) is 32.0 Å². The van der Waals surface area contributed by atoms with Crippen molar-refractivity contribution in [2.45, 2.75) is 90.6 Å². The minimum absolute atomic E-state index is 0.0259. The second-order valence-electron chi connectivity index (χ2n) is 13.7.